The van der Waals surface area contributed by atoms with Crippen molar-refractivity contribution in [2.24, 2.45) is 0 Å². The zero-order valence-electron chi connectivity index (χ0n) is 15.9. The van der Waals surface area contributed by atoms with E-state index in [-0.39, 0.29) is 17.6 Å². The molecule has 1 atom stereocenters. The molecule has 2 aromatic heterocycles. The standard InChI is InChI=1S/C22H17FN6O/c23-17-5-4-14(11-15(17)12-24)18-6-7-19-21(26-18)29(16-8-10-28(19)13-16)22(30)27-20-3-1-2-9-25-20/h1-7,9,11,16H,8,10,13H2,(H,25,27,30)/t16-/m0/s1. The Hall–Kier alpha value is -3.99. The monoisotopic (exact) mass is 400 g/mol. The van der Waals surface area contributed by atoms with Crippen LogP contribution in [0.3, 0.4) is 0 Å². The quantitative estimate of drug-likeness (QED) is 0.708. The number of nitrogens with one attached hydrogen (secondary N) is 1. The molecule has 4 heterocycles. The van der Waals surface area contributed by atoms with E-state index >= 15 is 0 Å². The van der Waals surface area contributed by atoms with E-state index in [2.05, 4.69) is 15.2 Å². The maximum absolute atomic E-state index is 13.7. The van der Waals surface area contributed by atoms with Gasteiger partial charge in [-0.25, -0.2) is 19.2 Å². The summed E-state index contributed by atoms with van der Waals surface area (Å²) in [6, 6.07) is 15.0. The highest BCUT2D eigenvalue weighted by molar-refractivity contribution is 6.04. The molecule has 148 valence electrons. The van der Waals surface area contributed by atoms with E-state index in [1.807, 2.05) is 24.3 Å². The summed E-state index contributed by atoms with van der Waals surface area (Å²) in [7, 11) is 0. The molecule has 0 spiro atoms. The molecule has 5 rings (SSSR count). The first-order chi connectivity index (χ1) is 14.6. The first kappa shape index (κ1) is 18.1. The highest BCUT2D eigenvalue weighted by atomic mass is 19.1. The number of pyridine rings is 2. The molecule has 2 amide bonds. The van der Waals surface area contributed by atoms with Gasteiger partial charge in [0, 0.05) is 24.8 Å². The van der Waals surface area contributed by atoms with Gasteiger partial charge < -0.3 is 4.90 Å². The molecule has 0 radical (unpaired) electrons. The molecule has 1 aromatic carbocycles. The van der Waals surface area contributed by atoms with Crippen LogP contribution in [0.2, 0.25) is 0 Å². The number of anilines is 3. The summed E-state index contributed by atoms with van der Waals surface area (Å²) in [6.07, 6.45) is 2.46. The Bertz CT molecular complexity index is 1180. The van der Waals surface area contributed by atoms with Crippen molar-refractivity contribution in [2.45, 2.75) is 12.5 Å². The Morgan fingerprint density at radius 1 is 1.23 bits per heavy atom. The fourth-order valence-corrected chi connectivity index (χ4v) is 4.01. The molecular weight excluding hydrogens is 383 g/mol. The first-order valence-electron chi connectivity index (χ1n) is 9.61. The molecule has 0 unspecified atom stereocenters. The summed E-state index contributed by atoms with van der Waals surface area (Å²) in [5.74, 6) is 0.454. The summed E-state index contributed by atoms with van der Waals surface area (Å²) in [5.41, 5.74) is 2.03. The number of nitrogens with zero attached hydrogens (tertiary/aromatic N) is 5. The zero-order valence-corrected chi connectivity index (χ0v) is 15.9. The van der Waals surface area contributed by atoms with Gasteiger partial charge in [0.2, 0.25) is 0 Å². The predicted octanol–water partition coefficient (Wildman–Crippen LogP) is 3.79. The van der Waals surface area contributed by atoms with E-state index in [1.165, 1.54) is 12.1 Å². The number of halogens is 1. The number of benzene rings is 1. The minimum absolute atomic E-state index is 0.00634. The van der Waals surface area contributed by atoms with Gasteiger partial charge in [-0.05, 0) is 48.9 Å². The van der Waals surface area contributed by atoms with E-state index < -0.39 is 5.82 Å². The maximum atomic E-state index is 13.7. The van der Waals surface area contributed by atoms with Crippen LogP contribution in [0.1, 0.15) is 12.0 Å². The average molecular weight is 400 g/mol. The number of urea groups is 1. The molecule has 2 aliphatic rings. The minimum atomic E-state index is -0.570. The topological polar surface area (TPSA) is 85.1 Å². The Morgan fingerprint density at radius 2 is 2.13 bits per heavy atom. The second kappa shape index (κ2) is 7.12. The number of hydrogen-bond donors (Lipinski definition) is 1. The molecule has 1 N–H and O–H groups in total. The van der Waals surface area contributed by atoms with Gasteiger partial charge in [0.05, 0.1) is 23.0 Å². The van der Waals surface area contributed by atoms with Crippen LogP contribution in [0.25, 0.3) is 11.3 Å². The van der Waals surface area contributed by atoms with Gasteiger partial charge >= 0.3 is 6.03 Å². The number of aromatic nitrogens is 2. The van der Waals surface area contributed by atoms with E-state index in [1.54, 1.807) is 29.3 Å². The normalized spacial score (nSPS) is 16.7. The van der Waals surface area contributed by atoms with Gasteiger partial charge in [-0.3, -0.25) is 10.2 Å². The number of nitriles is 1. The highest BCUT2D eigenvalue weighted by Gasteiger charge is 2.40. The van der Waals surface area contributed by atoms with Crippen LogP contribution in [-0.2, 0) is 0 Å². The third-order valence-electron chi connectivity index (χ3n) is 5.45. The van der Waals surface area contributed by atoms with Crippen LogP contribution in [0, 0.1) is 17.1 Å². The lowest BCUT2D eigenvalue weighted by atomic mass is 10.1. The summed E-state index contributed by atoms with van der Waals surface area (Å²) >= 11 is 0. The molecule has 8 heteroatoms. The summed E-state index contributed by atoms with van der Waals surface area (Å²) in [6.45, 7) is 1.60. The Labute approximate surface area is 172 Å². The van der Waals surface area contributed by atoms with Crippen molar-refractivity contribution in [1.29, 1.82) is 5.26 Å². The Morgan fingerprint density at radius 3 is 2.93 bits per heavy atom. The van der Waals surface area contributed by atoms with Crippen LogP contribution in [-0.4, -0.2) is 35.1 Å². The predicted molar refractivity (Wildman–Crippen MR) is 111 cm³/mol. The molecule has 3 aromatic rings. The second-order valence-corrected chi connectivity index (χ2v) is 7.25. The van der Waals surface area contributed by atoms with Gasteiger partial charge in [0.1, 0.15) is 17.7 Å². The van der Waals surface area contributed by atoms with Gasteiger partial charge in [-0.1, -0.05) is 6.07 Å². The van der Waals surface area contributed by atoms with E-state index in [4.69, 9.17) is 10.2 Å². The van der Waals surface area contributed by atoms with E-state index in [0.717, 1.165) is 25.2 Å². The van der Waals surface area contributed by atoms with Crippen molar-refractivity contribution in [1.82, 2.24) is 9.97 Å². The Balaban J connectivity index is 1.55. The van der Waals surface area contributed by atoms with E-state index in [9.17, 15) is 9.18 Å². The van der Waals surface area contributed by atoms with Crippen molar-refractivity contribution in [2.75, 3.05) is 28.2 Å². The summed E-state index contributed by atoms with van der Waals surface area (Å²) in [4.78, 5) is 25.9. The maximum Gasteiger partial charge on any atom is 0.329 e. The molecule has 30 heavy (non-hydrogen) atoms. The number of carbonyl (C=O) groups is 1. The third-order valence-corrected chi connectivity index (χ3v) is 5.45. The van der Waals surface area contributed by atoms with Crippen molar-refractivity contribution in [3.63, 3.8) is 0 Å². The van der Waals surface area contributed by atoms with Gasteiger partial charge in [-0.2, -0.15) is 5.26 Å². The van der Waals surface area contributed by atoms with Gasteiger partial charge in [0.25, 0.3) is 0 Å². The van der Waals surface area contributed by atoms with Crippen LogP contribution in [0.15, 0.2) is 54.7 Å². The van der Waals surface area contributed by atoms with Gasteiger partial charge in [-0.15, -0.1) is 0 Å². The van der Waals surface area contributed by atoms with Crippen molar-refractivity contribution >= 4 is 23.4 Å². The summed E-state index contributed by atoms with van der Waals surface area (Å²) < 4.78 is 13.7. The van der Waals surface area contributed by atoms with E-state index in [0.29, 0.717) is 22.9 Å². The van der Waals surface area contributed by atoms with Gasteiger partial charge in [0.15, 0.2) is 5.82 Å². The second-order valence-electron chi connectivity index (χ2n) is 7.25. The Kier molecular flexibility index (Phi) is 4.29. The molecular formula is C22H17FN6O. The molecule has 0 aliphatic carbocycles. The molecule has 1 saturated heterocycles. The average Bonchev–Trinajstić information content (AvgIpc) is 3.19. The number of amides is 2. The number of hydrogen-bond acceptors (Lipinski definition) is 5. The van der Waals surface area contributed by atoms with Crippen LogP contribution < -0.4 is 15.1 Å². The SMILES string of the molecule is N#Cc1cc(-c2ccc3c(n2)N(C(=O)Nc2ccccn2)[C@H]2CCN3C2)ccc1F. The summed E-state index contributed by atoms with van der Waals surface area (Å²) in [5, 5.41) is 12.0. The molecule has 1 fully saturated rings. The lowest BCUT2D eigenvalue weighted by Crippen LogP contribution is -2.48. The zero-order chi connectivity index (χ0) is 20.7. The number of fused-ring (bicyclic) bond motifs is 4. The molecule has 0 saturated carbocycles. The minimum Gasteiger partial charge on any atom is -0.366 e. The van der Waals surface area contributed by atoms with Crippen molar-refractivity contribution < 1.29 is 9.18 Å². The largest absolute Gasteiger partial charge is 0.366 e. The number of carbonyl (C=O) groups excluding carboxylic acids is 1. The van der Waals surface area contributed by atoms with Crippen molar-refractivity contribution in [3.05, 3.63) is 66.1 Å². The van der Waals surface area contributed by atoms with Crippen molar-refractivity contribution in [3.8, 4) is 17.3 Å². The van der Waals surface area contributed by atoms with Crippen LogP contribution >= 0.6 is 0 Å². The number of rotatable bonds is 2. The third kappa shape index (κ3) is 3.01. The molecule has 2 aliphatic heterocycles. The van der Waals surface area contributed by atoms with Crippen LogP contribution in [0.4, 0.5) is 26.5 Å². The lowest BCUT2D eigenvalue weighted by molar-refractivity contribution is 0.254. The highest BCUT2D eigenvalue weighted by Crippen LogP contribution is 2.40. The smallest absolute Gasteiger partial charge is 0.329 e. The molecule has 7 nitrogen and oxygen atoms in total. The fraction of sp³-hybridized carbons (Fsp3) is 0.182. The van der Waals surface area contributed by atoms with Crippen LogP contribution in [0.5, 0.6) is 0 Å². The lowest BCUT2D eigenvalue weighted by Gasteiger charge is -2.35. The first-order valence-corrected chi connectivity index (χ1v) is 9.61. The fourth-order valence-electron chi connectivity index (χ4n) is 4.01. The molecule has 2 bridgehead atoms.